The number of aliphatic hydroxyl groups is 2. The molecule has 0 aromatic carbocycles. The number of carbonyl (C=O) groups excluding carboxylic acids is 1. The van der Waals surface area contributed by atoms with E-state index in [1.54, 1.807) is 0 Å². The van der Waals surface area contributed by atoms with Gasteiger partial charge in [-0.15, -0.1) is 0 Å². The van der Waals surface area contributed by atoms with Crippen molar-refractivity contribution in [1.29, 1.82) is 0 Å². The Labute approximate surface area is 85.1 Å². The Hall–Kier alpha value is -0.410. The van der Waals surface area contributed by atoms with Crippen molar-refractivity contribution in [1.82, 2.24) is 0 Å². The molecule has 0 radical (unpaired) electrons. The number of aliphatic hydroxyl groups excluding tert-OH is 2. The summed E-state index contributed by atoms with van der Waals surface area (Å²) in [7, 11) is 0. The Bertz CT molecular complexity index is 211. The molecule has 3 heteroatoms. The van der Waals surface area contributed by atoms with Gasteiger partial charge in [0.2, 0.25) is 0 Å². The van der Waals surface area contributed by atoms with Gasteiger partial charge < -0.3 is 10.2 Å². The fourth-order valence-electron chi connectivity index (χ4n) is 2.36. The van der Waals surface area contributed by atoms with Gasteiger partial charge in [0, 0.05) is 24.5 Å². The van der Waals surface area contributed by atoms with E-state index in [2.05, 4.69) is 0 Å². The van der Waals surface area contributed by atoms with Gasteiger partial charge in [-0.2, -0.15) is 0 Å². The molecular formula is C11H20O3. The van der Waals surface area contributed by atoms with Crippen LogP contribution < -0.4 is 0 Å². The summed E-state index contributed by atoms with van der Waals surface area (Å²) in [5.74, 6) is 0.401. The zero-order valence-electron chi connectivity index (χ0n) is 8.99. The maximum atomic E-state index is 11.9. The van der Waals surface area contributed by atoms with Crippen LogP contribution in [0.1, 0.15) is 33.1 Å². The summed E-state index contributed by atoms with van der Waals surface area (Å²) >= 11 is 0. The van der Waals surface area contributed by atoms with E-state index in [1.165, 1.54) is 0 Å². The first-order chi connectivity index (χ1) is 6.54. The predicted octanol–water partition coefficient (Wildman–Crippen LogP) is 0.983. The smallest absolute Gasteiger partial charge is 0.141 e. The standard InChI is InChI=1S/C11H20O3/c1-11(2)9(7-13)6-8(10(11)14)4-3-5-12/h8-9,12-13H,3-7H2,1-2H3/t8?,9-/m1/s1. The van der Waals surface area contributed by atoms with Crippen molar-refractivity contribution < 1.29 is 15.0 Å². The third kappa shape index (κ3) is 1.98. The van der Waals surface area contributed by atoms with E-state index in [0.29, 0.717) is 6.42 Å². The summed E-state index contributed by atoms with van der Waals surface area (Å²) in [5.41, 5.74) is -0.380. The van der Waals surface area contributed by atoms with Gasteiger partial charge >= 0.3 is 0 Å². The zero-order chi connectivity index (χ0) is 10.8. The number of ketones is 1. The van der Waals surface area contributed by atoms with Crippen LogP contribution in [-0.4, -0.2) is 29.2 Å². The van der Waals surface area contributed by atoms with Crippen LogP contribution in [0.3, 0.4) is 0 Å². The lowest BCUT2D eigenvalue weighted by molar-refractivity contribution is -0.129. The van der Waals surface area contributed by atoms with E-state index in [0.717, 1.165) is 12.8 Å². The minimum absolute atomic E-state index is 0.0503. The van der Waals surface area contributed by atoms with E-state index in [1.807, 2.05) is 13.8 Å². The van der Waals surface area contributed by atoms with Gasteiger partial charge in [-0.1, -0.05) is 13.8 Å². The van der Waals surface area contributed by atoms with Crippen molar-refractivity contribution in [3.05, 3.63) is 0 Å². The Morgan fingerprint density at radius 1 is 1.43 bits per heavy atom. The molecule has 0 aromatic heterocycles. The molecule has 0 amide bonds. The van der Waals surface area contributed by atoms with Crippen LogP contribution in [0.25, 0.3) is 0 Å². The normalized spacial score (nSPS) is 31.0. The largest absolute Gasteiger partial charge is 0.396 e. The van der Waals surface area contributed by atoms with E-state index < -0.39 is 0 Å². The van der Waals surface area contributed by atoms with Gasteiger partial charge in [-0.05, 0) is 25.2 Å². The second-order valence-corrected chi connectivity index (χ2v) is 4.76. The molecule has 1 saturated carbocycles. The Morgan fingerprint density at radius 3 is 2.50 bits per heavy atom. The second kappa shape index (κ2) is 4.41. The molecule has 1 rings (SSSR count). The van der Waals surface area contributed by atoms with Gasteiger partial charge in [0.15, 0.2) is 0 Å². The van der Waals surface area contributed by atoms with Crippen LogP contribution in [0.15, 0.2) is 0 Å². The molecule has 1 fully saturated rings. The van der Waals surface area contributed by atoms with Crippen LogP contribution in [0.5, 0.6) is 0 Å². The fourth-order valence-corrected chi connectivity index (χ4v) is 2.36. The lowest BCUT2D eigenvalue weighted by Crippen LogP contribution is -2.28. The Kier molecular flexibility index (Phi) is 3.67. The molecule has 0 aromatic rings. The summed E-state index contributed by atoms with van der Waals surface area (Å²) in [6, 6.07) is 0. The van der Waals surface area contributed by atoms with E-state index in [-0.39, 0.29) is 36.2 Å². The zero-order valence-corrected chi connectivity index (χ0v) is 8.99. The van der Waals surface area contributed by atoms with Crippen molar-refractivity contribution in [2.45, 2.75) is 33.1 Å². The molecule has 1 aliphatic carbocycles. The van der Waals surface area contributed by atoms with Crippen LogP contribution >= 0.6 is 0 Å². The van der Waals surface area contributed by atoms with E-state index in [9.17, 15) is 4.79 Å². The molecule has 2 N–H and O–H groups in total. The minimum atomic E-state index is -0.380. The fraction of sp³-hybridized carbons (Fsp3) is 0.909. The van der Waals surface area contributed by atoms with Crippen molar-refractivity contribution in [2.24, 2.45) is 17.3 Å². The van der Waals surface area contributed by atoms with Crippen LogP contribution in [0, 0.1) is 17.3 Å². The van der Waals surface area contributed by atoms with Crippen molar-refractivity contribution in [2.75, 3.05) is 13.2 Å². The first-order valence-corrected chi connectivity index (χ1v) is 5.30. The molecule has 0 heterocycles. The Morgan fingerprint density at radius 2 is 2.07 bits per heavy atom. The van der Waals surface area contributed by atoms with Gasteiger partial charge in [-0.3, -0.25) is 4.79 Å². The topological polar surface area (TPSA) is 57.5 Å². The summed E-state index contributed by atoms with van der Waals surface area (Å²) in [6.07, 6.45) is 2.22. The first-order valence-electron chi connectivity index (χ1n) is 5.30. The van der Waals surface area contributed by atoms with Crippen LogP contribution in [0.4, 0.5) is 0 Å². The molecule has 0 aliphatic heterocycles. The highest BCUT2D eigenvalue weighted by molar-refractivity contribution is 5.88. The molecule has 1 aliphatic rings. The van der Waals surface area contributed by atoms with Gasteiger partial charge in [0.25, 0.3) is 0 Å². The number of hydrogen-bond acceptors (Lipinski definition) is 3. The lowest BCUT2D eigenvalue weighted by atomic mass is 9.81. The SMILES string of the molecule is CC1(C)C(=O)C(CCCO)C[C@@H]1CO. The van der Waals surface area contributed by atoms with Gasteiger partial charge in [-0.25, -0.2) is 0 Å². The average Bonchev–Trinajstić information content (AvgIpc) is 2.37. The summed E-state index contributed by atoms with van der Waals surface area (Å²) in [4.78, 5) is 11.9. The van der Waals surface area contributed by atoms with Crippen molar-refractivity contribution in [3.8, 4) is 0 Å². The molecular weight excluding hydrogens is 180 g/mol. The predicted molar refractivity (Wildman–Crippen MR) is 53.8 cm³/mol. The van der Waals surface area contributed by atoms with E-state index >= 15 is 0 Å². The monoisotopic (exact) mass is 200 g/mol. The maximum Gasteiger partial charge on any atom is 0.141 e. The molecule has 0 saturated heterocycles. The molecule has 0 bridgehead atoms. The summed E-state index contributed by atoms with van der Waals surface area (Å²) in [6.45, 7) is 4.06. The van der Waals surface area contributed by atoms with Gasteiger partial charge in [0.05, 0.1) is 0 Å². The molecule has 82 valence electrons. The first kappa shape index (κ1) is 11.7. The maximum absolute atomic E-state index is 11.9. The number of carbonyl (C=O) groups is 1. The molecule has 1 unspecified atom stereocenters. The lowest BCUT2D eigenvalue weighted by Gasteiger charge is -2.22. The summed E-state index contributed by atoms with van der Waals surface area (Å²) in [5, 5.41) is 17.9. The number of rotatable bonds is 4. The van der Waals surface area contributed by atoms with Crippen molar-refractivity contribution in [3.63, 3.8) is 0 Å². The highest BCUT2D eigenvalue weighted by Gasteiger charge is 2.47. The van der Waals surface area contributed by atoms with Crippen LogP contribution in [-0.2, 0) is 4.79 Å². The number of Topliss-reactive ketones (excluding diaryl/α,β-unsaturated/α-hetero) is 1. The third-order valence-corrected chi connectivity index (χ3v) is 3.53. The molecule has 2 atom stereocenters. The van der Waals surface area contributed by atoms with Crippen molar-refractivity contribution >= 4 is 5.78 Å². The quantitative estimate of drug-likeness (QED) is 0.711. The molecule has 0 spiro atoms. The second-order valence-electron chi connectivity index (χ2n) is 4.76. The third-order valence-electron chi connectivity index (χ3n) is 3.53. The summed E-state index contributed by atoms with van der Waals surface area (Å²) < 4.78 is 0. The van der Waals surface area contributed by atoms with Crippen LogP contribution in [0.2, 0.25) is 0 Å². The number of hydrogen-bond donors (Lipinski definition) is 2. The minimum Gasteiger partial charge on any atom is -0.396 e. The highest BCUT2D eigenvalue weighted by atomic mass is 16.3. The highest BCUT2D eigenvalue weighted by Crippen LogP contribution is 2.44. The molecule has 3 nitrogen and oxygen atoms in total. The van der Waals surface area contributed by atoms with Gasteiger partial charge in [0.1, 0.15) is 5.78 Å². The Balaban J connectivity index is 2.62. The molecule has 14 heavy (non-hydrogen) atoms. The van der Waals surface area contributed by atoms with E-state index in [4.69, 9.17) is 10.2 Å². The average molecular weight is 200 g/mol.